The average molecular weight is 164 g/mol. The van der Waals surface area contributed by atoms with Crippen LogP contribution in [0.5, 0.6) is 0 Å². The molecule has 0 amide bonds. The number of hydrogen-bond acceptors (Lipinski definition) is 1. The lowest BCUT2D eigenvalue weighted by atomic mass is 10.0. The second kappa shape index (κ2) is 4.27. The summed E-state index contributed by atoms with van der Waals surface area (Å²) in [6.07, 6.45) is 1.28. The first kappa shape index (κ1) is 9.27. The molecule has 1 aromatic rings. The summed E-state index contributed by atoms with van der Waals surface area (Å²) in [5, 5.41) is 0. The van der Waals surface area contributed by atoms with Crippen LogP contribution < -0.4 is 0 Å². The highest BCUT2D eigenvalue weighted by atomic mass is 16.5. The molecule has 1 unspecified atom stereocenters. The van der Waals surface area contributed by atoms with Crippen molar-refractivity contribution in [3.05, 3.63) is 35.4 Å². The quantitative estimate of drug-likeness (QED) is 0.667. The fourth-order valence-electron chi connectivity index (χ4n) is 1.46. The van der Waals surface area contributed by atoms with E-state index < -0.39 is 0 Å². The second-order valence-electron chi connectivity index (χ2n) is 2.99. The van der Waals surface area contributed by atoms with Crippen molar-refractivity contribution in [1.29, 1.82) is 0 Å². The number of rotatable bonds is 3. The Balaban J connectivity index is 2.92. The van der Waals surface area contributed by atoms with Crippen molar-refractivity contribution in [2.45, 2.75) is 26.4 Å². The molecule has 0 saturated heterocycles. The van der Waals surface area contributed by atoms with Gasteiger partial charge in [-0.15, -0.1) is 0 Å². The smallest absolute Gasteiger partial charge is 0.0821 e. The van der Waals surface area contributed by atoms with Crippen LogP contribution in [-0.2, 0) is 4.74 Å². The highest BCUT2D eigenvalue weighted by molar-refractivity contribution is 5.27. The molecule has 0 spiro atoms. The van der Waals surface area contributed by atoms with Crippen LogP contribution in [0.2, 0.25) is 0 Å². The SMILES string of the molecule is CCC(OC)c1ccccc1C. The highest BCUT2D eigenvalue weighted by Gasteiger charge is 2.08. The Kier molecular flexibility index (Phi) is 3.30. The van der Waals surface area contributed by atoms with Gasteiger partial charge in [0.2, 0.25) is 0 Å². The van der Waals surface area contributed by atoms with Gasteiger partial charge in [0, 0.05) is 7.11 Å². The van der Waals surface area contributed by atoms with Gasteiger partial charge < -0.3 is 4.74 Å². The van der Waals surface area contributed by atoms with Crippen molar-refractivity contribution in [3.8, 4) is 0 Å². The third-order valence-corrected chi connectivity index (χ3v) is 2.19. The van der Waals surface area contributed by atoms with E-state index in [-0.39, 0.29) is 6.10 Å². The van der Waals surface area contributed by atoms with Crippen molar-refractivity contribution in [3.63, 3.8) is 0 Å². The molecule has 0 heterocycles. The van der Waals surface area contributed by atoms with Gasteiger partial charge in [-0.05, 0) is 24.5 Å². The minimum Gasteiger partial charge on any atom is -0.377 e. The molecule has 0 aliphatic heterocycles. The molecule has 0 aromatic heterocycles. The van der Waals surface area contributed by atoms with Crippen LogP contribution in [0.25, 0.3) is 0 Å². The van der Waals surface area contributed by atoms with E-state index in [0.717, 1.165) is 6.42 Å². The van der Waals surface area contributed by atoms with Crippen LogP contribution >= 0.6 is 0 Å². The summed E-state index contributed by atoms with van der Waals surface area (Å²) in [6, 6.07) is 8.37. The van der Waals surface area contributed by atoms with Crippen LogP contribution in [-0.4, -0.2) is 7.11 Å². The van der Waals surface area contributed by atoms with E-state index in [1.807, 2.05) is 0 Å². The molecule has 1 aromatic carbocycles. The maximum Gasteiger partial charge on any atom is 0.0821 e. The van der Waals surface area contributed by atoms with Crippen LogP contribution in [0.4, 0.5) is 0 Å². The zero-order chi connectivity index (χ0) is 8.97. The van der Waals surface area contributed by atoms with E-state index in [2.05, 4.69) is 38.1 Å². The Hall–Kier alpha value is -0.820. The summed E-state index contributed by atoms with van der Waals surface area (Å²) >= 11 is 0. The van der Waals surface area contributed by atoms with Crippen LogP contribution in [0.1, 0.15) is 30.6 Å². The van der Waals surface area contributed by atoms with Gasteiger partial charge >= 0.3 is 0 Å². The standard InChI is InChI=1S/C11H16O/c1-4-11(12-3)10-8-6-5-7-9(10)2/h5-8,11H,4H2,1-3H3. The molecule has 0 bridgehead atoms. The summed E-state index contributed by atoms with van der Waals surface area (Å²) in [6.45, 7) is 4.26. The van der Waals surface area contributed by atoms with E-state index in [1.54, 1.807) is 7.11 Å². The Morgan fingerprint density at radius 3 is 2.50 bits per heavy atom. The molecule has 1 heteroatoms. The van der Waals surface area contributed by atoms with Crippen LogP contribution in [0.3, 0.4) is 0 Å². The first-order chi connectivity index (χ1) is 5.79. The highest BCUT2D eigenvalue weighted by Crippen LogP contribution is 2.22. The van der Waals surface area contributed by atoms with E-state index in [9.17, 15) is 0 Å². The largest absolute Gasteiger partial charge is 0.377 e. The molecular formula is C11H16O. The van der Waals surface area contributed by atoms with E-state index in [4.69, 9.17) is 4.74 Å². The number of methoxy groups -OCH3 is 1. The van der Waals surface area contributed by atoms with Gasteiger partial charge in [0.05, 0.1) is 6.10 Å². The van der Waals surface area contributed by atoms with Crippen molar-refractivity contribution < 1.29 is 4.74 Å². The fourth-order valence-corrected chi connectivity index (χ4v) is 1.46. The average Bonchev–Trinajstić information content (AvgIpc) is 2.10. The molecule has 0 saturated carbocycles. The van der Waals surface area contributed by atoms with Gasteiger partial charge in [-0.1, -0.05) is 31.2 Å². The van der Waals surface area contributed by atoms with Gasteiger partial charge in [0.25, 0.3) is 0 Å². The van der Waals surface area contributed by atoms with E-state index in [1.165, 1.54) is 11.1 Å². The lowest BCUT2D eigenvalue weighted by Crippen LogP contribution is -2.01. The summed E-state index contributed by atoms with van der Waals surface area (Å²) in [5.74, 6) is 0. The first-order valence-corrected chi connectivity index (χ1v) is 4.38. The van der Waals surface area contributed by atoms with Crippen molar-refractivity contribution in [2.75, 3.05) is 7.11 Å². The van der Waals surface area contributed by atoms with Gasteiger partial charge in [0.15, 0.2) is 0 Å². The molecule has 1 atom stereocenters. The monoisotopic (exact) mass is 164 g/mol. The normalized spacial score (nSPS) is 12.9. The zero-order valence-electron chi connectivity index (χ0n) is 8.00. The summed E-state index contributed by atoms with van der Waals surface area (Å²) in [4.78, 5) is 0. The Bertz CT molecular complexity index is 239. The predicted molar refractivity (Wildman–Crippen MR) is 51.2 cm³/mol. The number of benzene rings is 1. The lowest BCUT2D eigenvalue weighted by molar-refractivity contribution is 0.0995. The lowest BCUT2D eigenvalue weighted by Gasteiger charge is -2.15. The second-order valence-corrected chi connectivity index (χ2v) is 2.99. The Morgan fingerprint density at radius 1 is 1.33 bits per heavy atom. The Morgan fingerprint density at radius 2 is 2.00 bits per heavy atom. The Labute approximate surface area is 74.4 Å². The van der Waals surface area contributed by atoms with Crippen molar-refractivity contribution >= 4 is 0 Å². The summed E-state index contributed by atoms with van der Waals surface area (Å²) in [7, 11) is 1.76. The maximum atomic E-state index is 5.37. The van der Waals surface area contributed by atoms with Crippen molar-refractivity contribution in [2.24, 2.45) is 0 Å². The molecule has 1 nitrogen and oxygen atoms in total. The molecule has 0 aliphatic carbocycles. The molecule has 0 radical (unpaired) electrons. The molecular weight excluding hydrogens is 148 g/mol. The first-order valence-electron chi connectivity index (χ1n) is 4.38. The topological polar surface area (TPSA) is 9.23 Å². The minimum absolute atomic E-state index is 0.256. The van der Waals surface area contributed by atoms with Gasteiger partial charge in [0.1, 0.15) is 0 Å². The molecule has 0 N–H and O–H groups in total. The van der Waals surface area contributed by atoms with Gasteiger partial charge in [-0.25, -0.2) is 0 Å². The molecule has 12 heavy (non-hydrogen) atoms. The van der Waals surface area contributed by atoms with Crippen LogP contribution in [0.15, 0.2) is 24.3 Å². The van der Waals surface area contributed by atoms with E-state index in [0.29, 0.717) is 0 Å². The minimum atomic E-state index is 0.256. The number of hydrogen-bond donors (Lipinski definition) is 0. The van der Waals surface area contributed by atoms with Crippen LogP contribution in [0, 0.1) is 6.92 Å². The molecule has 1 rings (SSSR count). The number of ether oxygens (including phenoxy) is 1. The maximum absolute atomic E-state index is 5.37. The fraction of sp³-hybridized carbons (Fsp3) is 0.455. The summed E-state index contributed by atoms with van der Waals surface area (Å²) < 4.78 is 5.37. The molecule has 0 aliphatic rings. The van der Waals surface area contributed by atoms with Gasteiger partial charge in [-0.3, -0.25) is 0 Å². The zero-order valence-corrected chi connectivity index (χ0v) is 8.00. The van der Waals surface area contributed by atoms with Crippen molar-refractivity contribution in [1.82, 2.24) is 0 Å². The number of aryl methyl sites for hydroxylation is 1. The molecule has 66 valence electrons. The predicted octanol–water partition coefficient (Wildman–Crippen LogP) is 3.09. The third kappa shape index (κ3) is 1.86. The van der Waals surface area contributed by atoms with E-state index >= 15 is 0 Å². The third-order valence-electron chi connectivity index (χ3n) is 2.19. The molecule has 0 fully saturated rings. The summed E-state index contributed by atoms with van der Waals surface area (Å²) in [5.41, 5.74) is 2.62. The van der Waals surface area contributed by atoms with Gasteiger partial charge in [-0.2, -0.15) is 0 Å².